The Morgan fingerprint density at radius 3 is 2.81 bits per heavy atom. The highest BCUT2D eigenvalue weighted by Gasteiger charge is 2.45. The number of carbonyl (C=O) groups is 1. The summed E-state index contributed by atoms with van der Waals surface area (Å²) in [4.78, 5) is 34.2. The molecule has 1 aliphatic rings. The Balaban J connectivity index is 1.64. The van der Waals surface area contributed by atoms with Crippen LogP contribution in [0.5, 0.6) is 0 Å². The number of hydrogen-bond acceptors (Lipinski definition) is 6. The number of nitrogens with zero attached hydrogens (tertiary/aromatic N) is 2. The maximum Gasteiger partial charge on any atom is 0.297 e. The Bertz CT molecular complexity index is 1570. The third-order valence-corrected chi connectivity index (χ3v) is 7.56. The predicted molar refractivity (Wildman–Crippen MR) is 125 cm³/mol. The average Bonchev–Trinajstić information content (AvgIpc) is 3.46. The number of rotatable bonds is 2. The number of thiazole rings is 1. The van der Waals surface area contributed by atoms with E-state index >= 15 is 0 Å². The first-order valence-electron chi connectivity index (χ1n) is 9.51. The number of amides is 1. The summed E-state index contributed by atoms with van der Waals surface area (Å²) in [5, 5.41) is 3.52. The predicted octanol–water partition coefficient (Wildman–Crippen LogP) is 6.18. The molecule has 0 radical (unpaired) electrons. The van der Waals surface area contributed by atoms with Crippen molar-refractivity contribution in [1.82, 2.24) is 4.98 Å². The van der Waals surface area contributed by atoms with Gasteiger partial charge in [0.25, 0.3) is 5.91 Å². The number of halogens is 1. The van der Waals surface area contributed by atoms with Crippen LogP contribution in [0.15, 0.2) is 63.1 Å². The highest BCUT2D eigenvalue weighted by atomic mass is 35.5. The minimum absolute atomic E-state index is 0.0806. The summed E-state index contributed by atoms with van der Waals surface area (Å²) in [6, 6.07) is 14.1. The molecule has 4 heterocycles. The number of carbonyl (C=O) groups excluding carboxylic acids is 1. The molecule has 1 unspecified atom stereocenters. The summed E-state index contributed by atoms with van der Waals surface area (Å²) >= 11 is 9.00. The van der Waals surface area contributed by atoms with Crippen molar-refractivity contribution in [3.63, 3.8) is 0 Å². The Kier molecular flexibility index (Phi) is 4.08. The highest BCUT2D eigenvalue weighted by molar-refractivity contribution is 7.22. The van der Waals surface area contributed by atoms with Gasteiger partial charge in [-0.1, -0.05) is 40.6 Å². The van der Waals surface area contributed by atoms with Gasteiger partial charge in [0.2, 0.25) is 5.76 Å². The lowest BCUT2D eigenvalue weighted by atomic mass is 10.0. The van der Waals surface area contributed by atoms with Gasteiger partial charge in [-0.3, -0.25) is 14.5 Å². The molecule has 0 spiro atoms. The van der Waals surface area contributed by atoms with Crippen molar-refractivity contribution in [1.29, 1.82) is 0 Å². The Morgan fingerprint density at radius 2 is 2.00 bits per heavy atom. The average molecular weight is 465 g/mol. The summed E-state index contributed by atoms with van der Waals surface area (Å²) < 4.78 is 6.87. The topological polar surface area (TPSA) is 63.4 Å². The van der Waals surface area contributed by atoms with Gasteiger partial charge in [-0.15, -0.1) is 11.3 Å². The van der Waals surface area contributed by atoms with Crippen molar-refractivity contribution < 1.29 is 9.21 Å². The number of thiophene rings is 1. The van der Waals surface area contributed by atoms with Gasteiger partial charge >= 0.3 is 0 Å². The van der Waals surface area contributed by atoms with Crippen molar-refractivity contribution in [2.24, 2.45) is 0 Å². The van der Waals surface area contributed by atoms with Crippen LogP contribution in [0.25, 0.3) is 21.2 Å². The quantitative estimate of drug-likeness (QED) is 0.313. The molecule has 3 aromatic heterocycles. The lowest BCUT2D eigenvalue weighted by Gasteiger charge is -2.20. The second-order valence-corrected chi connectivity index (χ2v) is 9.80. The van der Waals surface area contributed by atoms with E-state index in [-0.39, 0.29) is 17.1 Å². The number of hydrogen-bond donors (Lipinski definition) is 0. The number of aromatic nitrogens is 1. The number of anilines is 1. The molecule has 5 aromatic rings. The van der Waals surface area contributed by atoms with E-state index < -0.39 is 6.04 Å². The van der Waals surface area contributed by atoms with Crippen LogP contribution in [0.3, 0.4) is 0 Å². The van der Waals surface area contributed by atoms with E-state index in [1.54, 1.807) is 23.1 Å². The zero-order valence-corrected chi connectivity index (χ0v) is 18.5. The van der Waals surface area contributed by atoms with E-state index in [0.717, 1.165) is 20.7 Å². The summed E-state index contributed by atoms with van der Waals surface area (Å²) in [6.07, 6.45) is 0. The van der Waals surface area contributed by atoms with Crippen LogP contribution in [-0.2, 0) is 0 Å². The molecule has 6 rings (SSSR count). The van der Waals surface area contributed by atoms with Gasteiger partial charge < -0.3 is 4.42 Å². The largest absolute Gasteiger partial charge is 0.450 e. The summed E-state index contributed by atoms with van der Waals surface area (Å²) in [6.45, 7) is 1.92. The molecule has 2 aromatic carbocycles. The molecule has 0 fully saturated rings. The zero-order chi connectivity index (χ0) is 21.3. The molecule has 0 bridgehead atoms. The Hall–Kier alpha value is -3.00. The molecule has 0 saturated heterocycles. The van der Waals surface area contributed by atoms with Gasteiger partial charge in [0.1, 0.15) is 11.6 Å². The van der Waals surface area contributed by atoms with Crippen molar-refractivity contribution in [2.75, 3.05) is 4.90 Å². The summed E-state index contributed by atoms with van der Waals surface area (Å²) in [7, 11) is 0. The van der Waals surface area contributed by atoms with Crippen LogP contribution in [0.1, 0.15) is 32.6 Å². The molecule has 0 aliphatic carbocycles. The maximum absolute atomic E-state index is 13.5. The minimum atomic E-state index is -0.584. The van der Waals surface area contributed by atoms with Crippen LogP contribution < -0.4 is 10.3 Å². The Labute approximate surface area is 189 Å². The van der Waals surface area contributed by atoms with Gasteiger partial charge in [0.05, 0.1) is 21.2 Å². The molecule has 1 atom stereocenters. The third kappa shape index (κ3) is 2.77. The van der Waals surface area contributed by atoms with Crippen LogP contribution in [0.4, 0.5) is 5.13 Å². The molecular weight excluding hydrogens is 452 g/mol. The lowest BCUT2D eigenvalue weighted by Crippen LogP contribution is -2.28. The fourth-order valence-electron chi connectivity index (χ4n) is 3.99. The van der Waals surface area contributed by atoms with Crippen LogP contribution in [0.2, 0.25) is 5.02 Å². The number of benzene rings is 2. The fourth-order valence-corrected chi connectivity index (χ4v) is 6.08. The zero-order valence-electron chi connectivity index (χ0n) is 16.1. The molecule has 152 valence electrons. The molecule has 1 amide bonds. The maximum atomic E-state index is 13.5. The highest BCUT2D eigenvalue weighted by Crippen LogP contribution is 2.44. The first-order valence-corrected chi connectivity index (χ1v) is 11.6. The van der Waals surface area contributed by atoms with E-state index in [2.05, 4.69) is 4.98 Å². The molecule has 0 saturated carbocycles. The normalized spacial score (nSPS) is 15.9. The molecule has 31 heavy (non-hydrogen) atoms. The summed E-state index contributed by atoms with van der Waals surface area (Å²) in [5.74, 6) is -0.282. The standard InChI is InChI=1S/C23H13ClN2O3S2/c1-11-4-7-15-13(9-11)20(27)18-19(16-3-2-8-30-16)26(22(28)21(18)29-15)23-25-14-6-5-12(24)10-17(14)31-23/h2-10,19H,1H3. The number of fused-ring (bicyclic) bond motifs is 3. The number of aryl methyl sites for hydroxylation is 1. The first-order chi connectivity index (χ1) is 15.0. The van der Waals surface area contributed by atoms with E-state index in [1.807, 2.05) is 42.6 Å². The molecular formula is C23H13ClN2O3S2. The fraction of sp³-hybridized carbons (Fsp3) is 0.0870. The Morgan fingerprint density at radius 1 is 1.13 bits per heavy atom. The van der Waals surface area contributed by atoms with Crippen molar-refractivity contribution in [3.8, 4) is 0 Å². The second-order valence-electron chi connectivity index (χ2n) is 7.38. The third-order valence-electron chi connectivity index (χ3n) is 5.38. The molecule has 0 N–H and O–H groups in total. The SMILES string of the molecule is Cc1ccc2oc3c(c(=O)c2c1)C(c1cccs1)N(c1nc2ccc(Cl)cc2s1)C3=O. The van der Waals surface area contributed by atoms with Crippen LogP contribution >= 0.6 is 34.3 Å². The van der Waals surface area contributed by atoms with Crippen LogP contribution in [-0.4, -0.2) is 10.9 Å². The summed E-state index contributed by atoms with van der Waals surface area (Å²) in [5.41, 5.74) is 2.29. The smallest absolute Gasteiger partial charge is 0.297 e. The van der Waals surface area contributed by atoms with Crippen LogP contribution in [0, 0.1) is 6.92 Å². The van der Waals surface area contributed by atoms with E-state index in [4.69, 9.17) is 16.0 Å². The van der Waals surface area contributed by atoms with E-state index in [0.29, 0.717) is 26.7 Å². The molecule has 1 aliphatic heterocycles. The second kappa shape index (κ2) is 6.75. The van der Waals surface area contributed by atoms with E-state index in [1.165, 1.54) is 22.7 Å². The van der Waals surface area contributed by atoms with Crippen molar-refractivity contribution in [3.05, 3.63) is 90.9 Å². The van der Waals surface area contributed by atoms with Gasteiger partial charge in [0, 0.05) is 9.90 Å². The molecule has 5 nitrogen and oxygen atoms in total. The van der Waals surface area contributed by atoms with Crippen molar-refractivity contribution in [2.45, 2.75) is 13.0 Å². The van der Waals surface area contributed by atoms with E-state index in [9.17, 15) is 9.59 Å². The monoisotopic (exact) mass is 464 g/mol. The van der Waals surface area contributed by atoms with Gasteiger partial charge in [-0.25, -0.2) is 4.98 Å². The van der Waals surface area contributed by atoms with Gasteiger partial charge in [-0.05, 0) is 48.7 Å². The lowest BCUT2D eigenvalue weighted by molar-refractivity contribution is 0.0971. The van der Waals surface area contributed by atoms with Gasteiger partial charge in [0.15, 0.2) is 10.6 Å². The minimum Gasteiger partial charge on any atom is -0.450 e. The first kappa shape index (κ1) is 18.7. The van der Waals surface area contributed by atoms with Gasteiger partial charge in [-0.2, -0.15) is 0 Å². The van der Waals surface area contributed by atoms with Crippen molar-refractivity contribution >= 4 is 66.5 Å². The molecule has 8 heteroatoms.